The Labute approximate surface area is 121 Å². The molecule has 0 fully saturated rings. The van der Waals surface area contributed by atoms with E-state index >= 15 is 0 Å². The molecule has 104 valence electrons. The van der Waals surface area contributed by atoms with Crippen molar-refractivity contribution in [2.45, 2.75) is 32.4 Å². The fourth-order valence-corrected chi connectivity index (χ4v) is 2.38. The van der Waals surface area contributed by atoms with Crippen LogP contribution in [0.4, 0.5) is 0 Å². The smallest absolute Gasteiger partial charge is 0.0735 e. The quantitative estimate of drug-likeness (QED) is 0.897. The molecule has 0 amide bonds. The molecule has 3 heteroatoms. The number of aliphatic hydroxyl groups is 1. The maximum atomic E-state index is 10.2. The molecule has 0 spiro atoms. The predicted molar refractivity (Wildman–Crippen MR) is 83.6 cm³/mol. The highest BCUT2D eigenvalue weighted by Crippen LogP contribution is 2.26. The Morgan fingerprint density at radius 3 is 2.37 bits per heavy atom. The minimum Gasteiger partial charge on any atom is -0.391 e. The molecule has 19 heavy (non-hydrogen) atoms. The van der Waals surface area contributed by atoms with Crippen molar-refractivity contribution in [2.75, 3.05) is 0 Å². The average molecular weight is 280 g/mol. The van der Waals surface area contributed by atoms with E-state index < -0.39 is 6.10 Å². The van der Waals surface area contributed by atoms with E-state index in [-0.39, 0.29) is 18.4 Å². The largest absolute Gasteiger partial charge is 0.391 e. The van der Waals surface area contributed by atoms with Crippen LogP contribution in [0, 0.1) is 5.92 Å². The van der Waals surface area contributed by atoms with Gasteiger partial charge in [0, 0.05) is 0 Å². The van der Waals surface area contributed by atoms with E-state index in [0.29, 0.717) is 5.92 Å². The van der Waals surface area contributed by atoms with E-state index in [0.717, 1.165) is 17.4 Å². The third kappa shape index (κ3) is 3.69. The van der Waals surface area contributed by atoms with Gasteiger partial charge in [-0.05, 0) is 28.7 Å². The summed E-state index contributed by atoms with van der Waals surface area (Å²) in [5.74, 6) is 0.445. The molecule has 0 unspecified atom stereocenters. The minimum absolute atomic E-state index is 0. The molecular formula is C16H22ClNO. The first-order chi connectivity index (χ1) is 8.59. The lowest BCUT2D eigenvalue weighted by atomic mass is 9.92. The number of halogens is 1. The molecule has 2 nitrogen and oxygen atoms in total. The van der Waals surface area contributed by atoms with Crippen LogP contribution in [0.1, 0.15) is 31.9 Å². The van der Waals surface area contributed by atoms with Crippen LogP contribution in [-0.4, -0.2) is 11.2 Å². The van der Waals surface area contributed by atoms with E-state index in [1.807, 2.05) is 24.3 Å². The van der Waals surface area contributed by atoms with Gasteiger partial charge in [-0.15, -0.1) is 12.4 Å². The molecule has 0 aromatic heterocycles. The lowest BCUT2D eigenvalue weighted by Crippen LogP contribution is -2.27. The van der Waals surface area contributed by atoms with E-state index in [1.165, 1.54) is 5.39 Å². The molecule has 0 radical (unpaired) electrons. The average Bonchev–Trinajstić information content (AvgIpc) is 2.36. The van der Waals surface area contributed by atoms with E-state index in [2.05, 4.69) is 32.0 Å². The molecule has 2 aromatic carbocycles. The summed E-state index contributed by atoms with van der Waals surface area (Å²) < 4.78 is 0. The zero-order valence-corrected chi connectivity index (χ0v) is 12.2. The van der Waals surface area contributed by atoms with Gasteiger partial charge in [-0.2, -0.15) is 0 Å². The Balaban J connectivity index is 0.00000180. The van der Waals surface area contributed by atoms with Gasteiger partial charge in [-0.3, -0.25) is 0 Å². The second-order valence-corrected chi connectivity index (χ2v) is 5.29. The molecule has 3 N–H and O–H groups in total. The highest BCUT2D eigenvalue weighted by Gasteiger charge is 2.19. The van der Waals surface area contributed by atoms with Crippen LogP contribution in [-0.2, 0) is 0 Å². The van der Waals surface area contributed by atoms with Gasteiger partial charge in [0.2, 0.25) is 0 Å². The first-order valence-corrected chi connectivity index (χ1v) is 6.51. The third-order valence-electron chi connectivity index (χ3n) is 3.31. The maximum Gasteiger partial charge on any atom is 0.0735 e. The van der Waals surface area contributed by atoms with E-state index in [4.69, 9.17) is 5.73 Å². The highest BCUT2D eigenvalue weighted by molar-refractivity contribution is 5.86. The van der Waals surface area contributed by atoms with Gasteiger partial charge in [0.1, 0.15) is 0 Å². The summed E-state index contributed by atoms with van der Waals surface area (Å²) >= 11 is 0. The van der Waals surface area contributed by atoms with Crippen LogP contribution in [0.3, 0.4) is 0 Å². The molecule has 0 aliphatic carbocycles. The second-order valence-electron chi connectivity index (χ2n) is 5.29. The standard InChI is InChI=1S/C16H21NO.ClH/c1-11(2)10-15(18)16(17)14-9-5-7-12-6-3-4-8-13(12)14;/h3-9,11,15-16,18H,10,17H2,1-2H3;1H/t15-,16+;/m1./s1. The summed E-state index contributed by atoms with van der Waals surface area (Å²) in [6, 6.07) is 13.9. The van der Waals surface area contributed by atoms with Crippen LogP contribution < -0.4 is 5.73 Å². The van der Waals surface area contributed by atoms with E-state index in [1.54, 1.807) is 0 Å². The Hall–Kier alpha value is -1.09. The molecule has 0 saturated carbocycles. The number of benzene rings is 2. The lowest BCUT2D eigenvalue weighted by Gasteiger charge is -2.22. The molecule has 0 saturated heterocycles. The third-order valence-corrected chi connectivity index (χ3v) is 3.31. The van der Waals surface area contributed by atoms with Gasteiger partial charge < -0.3 is 10.8 Å². The SMILES string of the molecule is CC(C)C[C@@H](O)[C@@H](N)c1cccc2ccccc12.Cl. The van der Waals surface area contributed by atoms with Crippen LogP contribution in [0.15, 0.2) is 42.5 Å². The van der Waals surface area contributed by atoms with Crippen LogP contribution in [0.25, 0.3) is 10.8 Å². The van der Waals surface area contributed by atoms with Crippen LogP contribution in [0.5, 0.6) is 0 Å². The summed E-state index contributed by atoms with van der Waals surface area (Å²) in [6.07, 6.45) is 0.237. The first kappa shape index (κ1) is 16.0. The topological polar surface area (TPSA) is 46.2 Å². The molecule has 0 aliphatic heterocycles. The summed E-state index contributed by atoms with van der Waals surface area (Å²) in [5, 5.41) is 12.5. The Morgan fingerprint density at radius 1 is 1.05 bits per heavy atom. The molecular weight excluding hydrogens is 258 g/mol. The van der Waals surface area contributed by atoms with Crippen molar-refractivity contribution in [3.8, 4) is 0 Å². The highest BCUT2D eigenvalue weighted by atomic mass is 35.5. The van der Waals surface area contributed by atoms with Crippen molar-refractivity contribution in [3.63, 3.8) is 0 Å². The van der Waals surface area contributed by atoms with Gasteiger partial charge in [0.25, 0.3) is 0 Å². The van der Waals surface area contributed by atoms with Gasteiger partial charge in [0.15, 0.2) is 0 Å². The molecule has 2 aromatic rings. The monoisotopic (exact) mass is 279 g/mol. The number of nitrogens with two attached hydrogens (primary N) is 1. The van der Waals surface area contributed by atoms with Crippen molar-refractivity contribution in [1.82, 2.24) is 0 Å². The number of rotatable bonds is 4. The summed E-state index contributed by atoms with van der Waals surface area (Å²) in [6.45, 7) is 4.19. The van der Waals surface area contributed by atoms with Gasteiger partial charge in [-0.25, -0.2) is 0 Å². The van der Waals surface area contributed by atoms with Crippen LogP contribution in [0.2, 0.25) is 0 Å². The number of hydrogen-bond donors (Lipinski definition) is 2. The van der Waals surface area contributed by atoms with Crippen LogP contribution >= 0.6 is 12.4 Å². The van der Waals surface area contributed by atoms with Gasteiger partial charge in [0.05, 0.1) is 12.1 Å². The van der Waals surface area contributed by atoms with Crippen molar-refractivity contribution in [1.29, 1.82) is 0 Å². The molecule has 0 aliphatic rings. The number of fused-ring (bicyclic) bond motifs is 1. The van der Waals surface area contributed by atoms with Gasteiger partial charge in [-0.1, -0.05) is 56.3 Å². The van der Waals surface area contributed by atoms with Gasteiger partial charge >= 0.3 is 0 Å². The lowest BCUT2D eigenvalue weighted by molar-refractivity contribution is 0.121. The fourth-order valence-electron chi connectivity index (χ4n) is 2.38. The molecule has 0 bridgehead atoms. The normalized spacial score (nSPS) is 14.2. The second kappa shape index (κ2) is 6.90. The number of aliphatic hydroxyl groups excluding tert-OH is 1. The summed E-state index contributed by atoms with van der Waals surface area (Å²) in [7, 11) is 0. The maximum absolute atomic E-state index is 10.2. The zero-order chi connectivity index (χ0) is 13.1. The molecule has 2 rings (SSSR count). The Bertz CT molecular complexity index is 522. The predicted octanol–water partition coefficient (Wildman–Crippen LogP) is 3.67. The Morgan fingerprint density at radius 2 is 1.68 bits per heavy atom. The van der Waals surface area contributed by atoms with Crippen molar-refractivity contribution < 1.29 is 5.11 Å². The first-order valence-electron chi connectivity index (χ1n) is 6.51. The summed E-state index contributed by atoms with van der Waals surface area (Å²) in [5.41, 5.74) is 7.23. The fraction of sp³-hybridized carbons (Fsp3) is 0.375. The minimum atomic E-state index is -0.490. The van der Waals surface area contributed by atoms with E-state index in [9.17, 15) is 5.11 Å². The van der Waals surface area contributed by atoms with Crippen molar-refractivity contribution in [3.05, 3.63) is 48.0 Å². The van der Waals surface area contributed by atoms with Crippen molar-refractivity contribution >= 4 is 23.2 Å². The molecule has 0 heterocycles. The number of hydrogen-bond acceptors (Lipinski definition) is 2. The Kier molecular flexibility index (Phi) is 5.80. The zero-order valence-electron chi connectivity index (χ0n) is 11.4. The summed E-state index contributed by atoms with van der Waals surface area (Å²) in [4.78, 5) is 0. The molecule has 2 atom stereocenters. The van der Waals surface area contributed by atoms with Crippen molar-refractivity contribution in [2.24, 2.45) is 11.7 Å².